The van der Waals surface area contributed by atoms with Crippen molar-refractivity contribution in [2.45, 2.75) is 6.92 Å². The molecule has 0 fully saturated rings. The van der Waals surface area contributed by atoms with Crippen molar-refractivity contribution in [2.24, 2.45) is 10.7 Å². The van der Waals surface area contributed by atoms with Crippen LogP contribution in [0.1, 0.15) is 16.9 Å². The average Bonchev–Trinajstić information content (AvgIpc) is 3.10. The van der Waals surface area contributed by atoms with Gasteiger partial charge in [0, 0.05) is 5.70 Å². The normalized spacial score (nSPS) is 12.4. The summed E-state index contributed by atoms with van der Waals surface area (Å²) in [6, 6.07) is 21.5. The van der Waals surface area contributed by atoms with Gasteiger partial charge in [0.05, 0.1) is 12.0 Å². The number of furan rings is 1. The highest BCUT2D eigenvalue weighted by atomic mass is 16.3. The first kappa shape index (κ1) is 14.9. The van der Waals surface area contributed by atoms with Crippen molar-refractivity contribution in [1.82, 2.24) is 0 Å². The Bertz CT molecular complexity index is 814. The molecule has 0 spiro atoms. The van der Waals surface area contributed by atoms with E-state index in [0.29, 0.717) is 17.2 Å². The number of aryl methyl sites for hydroxylation is 1. The molecule has 0 saturated heterocycles. The molecule has 0 aliphatic heterocycles. The third-order valence-electron chi connectivity index (χ3n) is 3.46. The Labute approximate surface area is 135 Å². The van der Waals surface area contributed by atoms with Gasteiger partial charge in [0.1, 0.15) is 5.71 Å². The molecular weight excluding hydrogens is 284 g/mol. The fourth-order valence-corrected chi connectivity index (χ4v) is 2.20. The zero-order valence-corrected chi connectivity index (χ0v) is 12.9. The van der Waals surface area contributed by atoms with E-state index in [9.17, 15) is 0 Å². The fourth-order valence-electron chi connectivity index (χ4n) is 2.20. The third-order valence-corrected chi connectivity index (χ3v) is 3.46. The maximum absolute atomic E-state index is 6.24. The van der Waals surface area contributed by atoms with Crippen LogP contribution in [0.2, 0.25) is 0 Å². The molecule has 1 heterocycles. The lowest BCUT2D eigenvalue weighted by Crippen LogP contribution is -2.02. The summed E-state index contributed by atoms with van der Waals surface area (Å²) in [6.07, 6.45) is 3.47. The molecule has 1 aromatic heterocycles. The number of nitrogens with zero attached hydrogens (tertiary/aromatic N) is 1. The molecule has 3 rings (SSSR count). The lowest BCUT2D eigenvalue weighted by molar-refractivity contribution is 0.558. The number of benzene rings is 2. The van der Waals surface area contributed by atoms with Gasteiger partial charge in [-0.25, -0.2) is 4.99 Å². The fraction of sp³-hybridized carbons (Fsp3) is 0.0500. The van der Waals surface area contributed by atoms with Crippen LogP contribution in [0.15, 0.2) is 88.5 Å². The number of aliphatic imine (C=N–C) groups is 1. The summed E-state index contributed by atoms with van der Waals surface area (Å²) in [5.41, 5.74) is 10.6. The molecule has 114 valence electrons. The minimum absolute atomic E-state index is 0.649. The van der Waals surface area contributed by atoms with Crippen LogP contribution in [0.25, 0.3) is 5.70 Å². The summed E-state index contributed by atoms with van der Waals surface area (Å²) in [5.74, 6) is 0.684. The maximum Gasteiger partial charge on any atom is 0.152 e. The zero-order valence-electron chi connectivity index (χ0n) is 12.9. The molecule has 0 aliphatic carbocycles. The standard InChI is InChI=1S/C20H18N2O/c1-15-9-11-16(12-10-15)18(21)14-19(20-8-5-13-23-20)22-17-6-3-2-4-7-17/h2-14H,21H2,1H3/b18-14-,22-19?. The maximum atomic E-state index is 6.24. The number of allylic oxidation sites excluding steroid dienone is 1. The first-order chi connectivity index (χ1) is 11.2. The Balaban J connectivity index is 2.01. The van der Waals surface area contributed by atoms with Gasteiger partial charge < -0.3 is 10.2 Å². The van der Waals surface area contributed by atoms with Crippen molar-refractivity contribution in [3.63, 3.8) is 0 Å². The minimum Gasteiger partial charge on any atom is -0.463 e. The zero-order chi connectivity index (χ0) is 16.1. The second-order valence-electron chi connectivity index (χ2n) is 5.28. The van der Waals surface area contributed by atoms with Crippen LogP contribution < -0.4 is 5.73 Å². The van der Waals surface area contributed by atoms with E-state index in [1.54, 1.807) is 6.26 Å². The molecule has 3 nitrogen and oxygen atoms in total. The number of nitrogens with two attached hydrogens (primary N) is 1. The highest BCUT2D eigenvalue weighted by Gasteiger charge is 2.06. The minimum atomic E-state index is 0.649. The second kappa shape index (κ2) is 6.79. The molecule has 2 aromatic carbocycles. The van der Waals surface area contributed by atoms with Crippen molar-refractivity contribution >= 4 is 17.1 Å². The van der Waals surface area contributed by atoms with Crippen molar-refractivity contribution in [2.75, 3.05) is 0 Å². The Morgan fingerprint density at radius 1 is 0.957 bits per heavy atom. The molecule has 0 unspecified atom stereocenters. The summed E-state index contributed by atoms with van der Waals surface area (Å²) in [4.78, 5) is 4.65. The SMILES string of the molecule is Cc1ccc(/C(N)=C/C(=Nc2ccccc2)c2ccco2)cc1. The molecule has 0 saturated carbocycles. The number of para-hydroxylation sites is 1. The van der Waals surface area contributed by atoms with E-state index in [0.717, 1.165) is 11.3 Å². The van der Waals surface area contributed by atoms with E-state index in [4.69, 9.17) is 10.2 Å². The highest BCUT2D eigenvalue weighted by molar-refractivity contribution is 6.11. The van der Waals surface area contributed by atoms with E-state index >= 15 is 0 Å². The van der Waals surface area contributed by atoms with E-state index in [1.807, 2.05) is 72.8 Å². The Morgan fingerprint density at radius 2 is 1.70 bits per heavy atom. The summed E-state index contributed by atoms with van der Waals surface area (Å²) in [6.45, 7) is 2.05. The van der Waals surface area contributed by atoms with Crippen LogP contribution >= 0.6 is 0 Å². The quantitative estimate of drug-likeness (QED) is 0.710. The molecule has 0 radical (unpaired) electrons. The molecule has 3 heteroatoms. The first-order valence-electron chi connectivity index (χ1n) is 7.44. The Kier molecular flexibility index (Phi) is 4.39. The molecule has 23 heavy (non-hydrogen) atoms. The van der Waals surface area contributed by atoms with Crippen molar-refractivity contribution in [3.8, 4) is 0 Å². The van der Waals surface area contributed by atoms with Crippen LogP contribution in [0.3, 0.4) is 0 Å². The van der Waals surface area contributed by atoms with Crippen LogP contribution in [0, 0.1) is 6.92 Å². The van der Waals surface area contributed by atoms with Crippen molar-refractivity contribution in [1.29, 1.82) is 0 Å². The number of hydrogen-bond acceptors (Lipinski definition) is 3. The number of hydrogen-bond donors (Lipinski definition) is 1. The molecule has 0 amide bonds. The number of rotatable bonds is 4. The van der Waals surface area contributed by atoms with Gasteiger partial charge in [0.25, 0.3) is 0 Å². The summed E-state index contributed by atoms with van der Waals surface area (Å²) in [5, 5.41) is 0. The monoisotopic (exact) mass is 302 g/mol. The van der Waals surface area contributed by atoms with Gasteiger partial charge in [0.2, 0.25) is 0 Å². The highest BCUT2D eigenvalue weighted by Crippen LogP contribution is 2.17. The van der Waals surface area contributed by atoms with E-state index < -0.39 is 0 Å². The van der Waals surface area contributed by atoms with Crippen molar-refractivity contribution < 1.29 is 4.42 Å². The molecule has 0 bridgehead atoms. The Morgan fingerprint density at radius 3 is 2.35 bits per heavy atom. The second-order valence-corrected chi connectivity index (χ2v) is 5.28. The third kappa shape index (κ3) is 3.77. The lowest BCUT2D eigenvalue weighted by atomic mass is 10.1. The first-order valence-corrected chi connectivity index (χ1v) is 7.44. The van der Waals surface area contributed by atoms with Crippen LogP contribution in [0.4, 0.5) is 5.69 Å². The Hall–Kier alpha value is -3.07. The van der Waals surface area contributed by atoms with E-state index in [1.165, 1.54) is 5.56 Å². The average molecular weight is 302 g/mol. The summed E-state index contributed by atoms with van der Waals surface area (Å²) >= 11 is 0. The van der Waals surface area contributed by atoms with E-state index in [2.05, 4.69) is 11.9 Å². The molecule has 0 aliphatic rings. The predicted molar refractivity (Wildman–Crippen MR) is 94.7 cm³/mol. The summed E-state index contributed by atoms with van der Waals surface area (Å²) < 4.78 is 5.49. The topological polar surface area (TPSA) is 51.5 Å². The van der Waals surface area contributed by atoms with E-state index in [-0.39, 0.29) is 0 Å². The lowest BCUT2D eigenvalue weighted by Gasteiger charge is -2.04. The molecule has 0 atom stereocenters. The van der Waals surface area contributed by atoms with Gasteiger partial charge in [-0.1, -0.05) is 48.0 Å². The molecule has 3 aromatic rings. The van der Waals surface area contributed by atoms with Crippen LogP contribution in [-0.4, -0.2) is 5.71 Å². The van der Waals surface area contributed by atoms with Gasteiger partial charge in [-0.15, -0.1) is 0 Å². The van der Waals surface area contributed by atoms with Gasteiger partial charge in [-0.05, 0) is 42.8 Å². The van der Waals surface area contributed by atoms with Crippen molar-refractivity contribution in [3.05, 3.63) is 96.0 Å². The van der Waals surface area contributed by atoms with Crippen LogP contribution in [0.5, 0.6) is 0 Å². The van der Waals surface area contributed by atoms with Gasteiger partial charge >= 0.3 is 0 Å². The largest absolute Gasteiger partial charge is 0.463 e. The van der Waals surface area contributed by atoms with Gasteiger partial charge in [-0.3, -0.25) is 0 Å². The molecular formula is C20H18N2O. The molecule has 2 N–H and O–H groups in total. The van der Waals surface area contributed by atoms with Gasteiger partial charge in [0.15, 0.2) is 5.76 Å². The summed E-state index contributed by atoms with van der Waals surface area (Å²) in [7, 11) is 0. The van der Waals surface area contributed by atoms with Gasteiger partial charge in [-0.2, -0.15) is 0 Å². The predicted octanol–water partition coefficient (Wildman–Crippen LogP) is 4.71. The van der Waals surface area contributed by atoms with Crippen LogP contribution in [-0.2, 0) is 0 Å². The smallest absolute Gasteiger partial charge is 0.152 e.